The zero-order valence-corrected chi connectivity index (χ0v) is 12.0. The van der Waals surface area contributed by atoms with Crippen molar-refractivity contribution in [2.45, 2.75) is 26.8 Å². The first-order valence-electron chi connectivity index (χ1n) is 6.71. The van der Waals surface area contributed by atoms with Gasteiger partial charge in [-0.3, -0.25) is 4.90 Å². The van der Waals surface area contributed by atoms with Gasteiger partial charge in [0.15, 0.2) is 0 Å². The summed E-state index contributed by atoms with van der Waals surface area (Å²) in [4.78, 5) is 2.42. The molecule has 102 valence electrons. The summed E-state index contributed by atoms with van der Waals surface area (Å²) in [6.45, 7) is 9.31. The summed E-state index contributed by atoms with van der Waals surface area (Å²) in [5.41, 5.74) is 7.17. The lowest BCUT2D eigenvalue weighted by Gasteiger charge is -2.32. The zero-order chi connectivity index (χ0) is 13.5. The lowest BCUT2D eigenvalue weighted by Crippen LogP contribution is -2.36. The summed E-state index contributed by atoms with van der Waals surface area (Å²) in [6, 6.07) is 8.38. The second kappa shape index (κ2) is 7.39. The monoisotopic (exact) mass is 250 g/mol. The molecule has 3 heteroatoms. The quantitative estimate of drug-likeness (QED) is 0.808. The molecule has 2 N–H and O–H groups in total. The Labute approximate surface area is 111 Å². The Bertz CT molecular complexity index is 352. The van der Waals surface area contributed by atoms with E-state index in [0.717, 1.165) is 18.8 Å². The molecule has 1 atom stereocenters. The SMILES string of the molecule is CCN(CC(C)C)C(CN)c1ccccc1OC. The number of hydrogen-bond donors (Lipinski definition) is 1. The normalized spacial score (nSPS) is 13.1. The van der Waals surface area contributed by atoms with Crippen molar-refractivity contribution in [2.75, 3.05) is 26.7 Å². The van der Waals surface area contributed by atoms with Crippen LogP contribution in [-0.2, 0) is 0 Å². The standard InChI is InChI=1S/C15H26N2O/c1-5-17(11-12(2)3)14(10-16)13-8-6-7-9-15(13)18-4/h6-9,12,14H,5,10-11,16H2,1-4H3. The maximum absolute atomic E-state index is 5.98. The van der Waals surface area contributed by atoms with E-state index in [2.05, 4.69) is 31.7 Å². The van der Waals surface area contributed by atoms with Gasteiger partial charge in [0.2, 0.25) is 0 Å². The molecule has 0 bridgehead atoms. The summed E-state index contributed by atoms with van der Waals surface area (Å²) in [7, 11) is 1.71. The Morgan fingerprint density at radius 3 is 2.44 bits per heavy atom. The largest absolute Gasteiger partial charge is 0.496 e. The molecule has 0 heterocycles. The average molecular weight is 250 g/mol. The Morgan fingerprint density at radius 1 is 1.28 bits per heavy atom. The van der Waals surface area contributed by atoms with Crippen LogP contribution in [0.3, 0.4) is 0 Å². The lowest BCUT2D eigenvalue weighted by molar-refractivity contribution is 0.186. The molecule has 0 aliphatic carbocycles. The number of para-hydroxylation sites is 1. The predicted molar refractivity (Wildman–Crippen MR) is 76.9 cm³/mol. The van der Waals surface area contributed by atoms with Crippen LogP contribution in [0.5, 0.6) is 5.75 Å². The van der Waals surface area contributed by atoms with Crippen molar-refractivity contribution < 1.29 is 4.74 Å². The van der Waals surface area contributed by atoms with Crippen LogP contribution < -0.4 is 10.5 Å². The minimum absolute atomic E-state index is 0.230. The van der Waals surface area contributed by atoms with Gasteiger partial charge < -0.3 is 10.5 Å². The van der Waals surface area contributed by atoms with E-state index in [4.69, 9.17) is 10.5 Å². The van der Waals surface area contributed by atoms with E-state index in [9.17, 15) is 0 Å². The smallest absolute Gasteiger partial charge is 0.123 e. The lowest BCUT2D eigenvalue weighted by atomic mass is 10.0. The van der Waals surface area contributed by atoms with Crippen LogP contribution in [0.1, 0.15) is 32.4 Å². The third-order valence-corrected chi connectivity index (χ3v) is 3.17. The van der Waals surface area contributed by atoms with Crippen molar-refractivity contribution in [1.82, 2.24) is 4.90 Å². The number of ether oxygens (including phenoxy) is 1. The van der Waals surface area contributed by atoms with Gasteiger partial charge >= 0.3 is 0 Å². The Kier molecular flexibility index (Phi) is 6.16. The van der Waals surface area contributed by atoms with Crippen molar-refractivity contribution >= 4 is 0 Å². The number of nitrogens with zero attached hydrogens (tertiary/aromatic N) is 1. The number of benzene rings is 1. The molecule has 0 radical (unpaired) electrons. The van der Waals surface area contributed by atoms with Gasteiger partial charge in [0.1, 0.15) is 5.75 Å². The van der Waals surface area contributed by atoms with Crippen LogP contribution in [0.2, 0.25) is 0 Å². The van der Waals surface area contributed by atoms with Crippen LogP contribution in [0.25, 0.3) is 0 Å². The molecule has 18 heavy (non-hydrogen) atoms. The maximum Gasteiger partial charge on any atom is 0.123 e. The van der Waals surface area contributed by atoms with E-state index < -0.39 is 0 Å². The highest BCUT2D eigenvalue weighted by molar-refractivity contribution is 5.36. The minimum atomic E-state index is 0.230. The van der Waals surface area contributed by atoms with E-state index in [-0.39, 0.29) is 6.04 Å². The van der Waals surface area contributed by atoms with E-state index >= 15 is 0 Å². The number of methoxy groups -OCH3 is 1. The molecule has 1 aromatic carbocycles. The fourth-order valence-corrected chi connectivity index (χ4v) is 2.36. The highest BCUT2D eigenvalue weighted by Crippen LogP contribution is 2.28. The van der Waals surface area contributed by atoms with Gasteiger partial charge in [0.05, 0.1) is 13.2 Å². The summed E-state index contributed by atoms with van der Waals surface area (Å²) in [5, 5.41) is 0. The van der Waals surface area contributed by atoms with E-state index in [1.165, 1.54) is 5.56 Å². The second-order valence-corrected chi connectivity index (χ2v) is 4.97. The van der Waals surface area contributed by atoms with Crippen molar-refractivity contribution in [2.24, 2.45) is 11.7 Å². The van der Waals surface area contributed by atoms with Gasteiger partial charge in [-0.2, -0.15) is 0 Å². The van der Waals surface area contributed by atoms with Crippen molar-refractivity contribution in [3.05, 3.63) is 29.8 Å². The first-order valence-corrected chi connectivity index (χ1v) is 6.71. The first-order chi connectivity index (χ1) is 8.63. The van der Waals surface area contributed by atoms with Crippen molar-refractivity contribution in [1.29, 1.82) is 0 Å². The molecule has 0 saturated carbocycles. The topological polar surface area (TPSA) is 38.5 Å². The Morgan fingerprint density at radius 2 is 1.94 bits per heavy atom. The van der Waals surface area contributed by atoms with E-state index in [1.54, 1.807) is 7.11 Å². The fourth-order valence-electron chi connectivity index (χ4n) is 2.36. The highest BCUT2D eigenvalue weighted by atomic mass is 16.5. The van der Waals surface area contributed by atoms with Gasteiger partial charge in [-0.15, -0.1) is 0 Å². The number of nitrogens with two attached hydrogens (primary N) is 1. The van der Waals surface area contributed by atoms with Gasteiger partial charge in [-0.25, -0.2) is 0 Å². The summed E-state index contributed by atoms with van der Waals surface area (Å²) in [6.07, 6.45) is 0. The van der Waals surface area contributed by atoms with Crippen LogP contribution in [0, 0.1) is 5.92 Å². The van der Waals surface area contributed by atoms with Crippen LogP contribution in [-0.4, -0.2) is 31.6 Å². The molecule has 3 nitrogen and oxygen atoms in total. The molecule has 1 rings (SSSR count). The molecular formula is C15H26N2O. The maximum atomic E-state index is 5.98. The molecule has 0 aliphatic heterocycles. The fraction of sp³-hybridized carbons (Fsp3) is 0.600. The Hall–Kier alpha value is -1.06. The molecule has 0 amide bonds. The summed E-state index contributed by atoms with van der Waals surface area (Å²) >= 11 is 0. The van der Waals surface area contributed by atoms with Gasteiger partial charge in [-0.05, 0) is 18.5 Å². The third kappa shape index (κ3) is 3.72. The molecular weight excluding hydrogens is 224 g/mol. The molecule has 0 spiro atoms. The van der Waals surface area contributed by atoms with Gasteiger partial charge in [0, 0.05) is 18.7 Å². The van der Waals surface area contributed by atoms with Gasteiger partial charge in [-0.1, -0.05) is 39.0 Å². The number of likely N-dealkylation sites (N-methyl/N-ethyl adjacent to an activating group) is 1. The summed E-state index contributed by atoms with van der Waals surface area (Å²) in [5.74, 6) is 1.56. The van der Waals surface area contributed by atoms with E-state index in [1.807, 2.05) is 18.2 Å². The molecule has 0 aliphatic rings. The highest BCUT2D eigenvalue weighted by Gasteiger charge is 2.21. The second-order valence-electron chi connectivity index (χ2n) is 4.97. The van der Waals surface area contributed by atoms with Crippen LogP contribution >= 0.6 is 0 Å². The minimum Gasteiger partial charge on any atom is -0.496 e. The molecule has 0 saturated heterocycles. The molecule has 0 aromatic heterocycles. The molecule has 0 fully saturated rings. The molecule has 1 unspecified atom stereocenters. The molecule has 1 aromatic rings. The number of rotatable bonds is 7. The first kappa shape index (κ1) is 15.0. The number of hydrogen-bond acceptors (Lipinski definition) is 3. The van der Waals surface area contributed by atoms with Crippen molar-refractivity contribution in [3.63, 3.8) is 0 Å². The predicted octanol–water partition coefficient (Wildman–Crippen LogP) is 2.67. The van der Waals surface area contributed by atoms with Crippen molar-refractivity contribution in [3.8, 4) is 5.75 Å². The summed E-state index contributed by atoms with van der Waals surface area (Å²) < 4.78 is 5.45. The van der Waals surface area contributed by atoms with Crippen LogP contribution in [0.4, 0.5) is 0 Å². The third-order valence-electron chi connectivity index (χ3n) is 3.17. The Balaban J connectivity index is 2.99. The van der Waals surface area contributed by atoms with E-state index in [0.29, 0.717) is 12.5 Å². The van der Waals surface area contributed by atoms with Crippen LogP contribution in [0.15, 0.2) is 24.3 Å². The van der Waals surface area contributed by atoms with Gasteiger partial charge in [0.25, 0.3) is 0 Å². The zero-order valence-electron chi connectivity index (χ0n) is 12.0. The average Bonchev–Trinajstić information content (AvgIpc) is 2.38.